The van der Waals surface area contributed by atoms with Gasteiger partial charge in [-0.3, -0.25) is 4.79 Å². The van der Waals surface area contributed by atoms with Crippen LogP contribution < -0.4 is 5.73 Å². The predicted octanol–water partition coefficient (Wildman–Crippen LogP) is 0.832. The van der Waals surface area contributed by atoms with Crippen LogP contribution in [-0.4, -0.2) is 22.2 Å². The van der Waals surface area contributed by atoms with Crippen LogP contribution in [0.4, 0.5) is 8.78 Å². The minimum absolute atomic E-state index is 0. The second-order valence-electron chi connectivity index (χ2n) is 2.94. The fourth-order valence-electron chi connectivity index (χ4n) is 1.11. The summed E-state index contributed by atoms with van der Waals surface area (Å²) >= 11 is 0. The number of hydrogen-bond acceptors (Lipinski definition) is 3. The Hall–Kier alpha value is -1.24. The van der Waals surface area contributed by atoms with Crippen molar-refractivity contribution in [2.45, 2.75) is 12.1 Å². The summed E-state index contributed by atoms with van der Waals surface area (Å²) in [5.41, 5.74) is 4.32. The highest BCUT2D eigenvalue weighted by molar-refractivity contribution is 5.85. The van der Waals surface area contributed by atoms with Crippen LogP contribution in [0.15, 0.2) is 18.2 Å². The Morgan fingerprint density at radius 2 is 1.75 bits per heavy atom. The van der Waals surface area contributed by atoms with E-state index in [4.69, 9.17) is 10.8 Å². The molecule has 0 saturated carbocycles. The zero-order valence-electron chi connectivity index (χ0n) is 7.93. The van der Waals surface area contributed by atoms with Gasteiger partial charge in [-0.2, -0.15) is 0 Å². The molecule has 1 aromatic rings. The molecule has 0 bridgehead atoms. The van der Waals surface area contributed by atoms with Gasteiger partial charge in [0.2, 0.25) is 0 Å². The van der Waals surface area contributed by atoms with Crippen molar-refractivity contribution in [2.24, 2.45) is 5.73 Å². The first-order chi connectivity index (χ1) is 6.95. The molecule has 1 rings (SSSR count). The van der Waals surface area contributed by atoms with Crippen molar-refractivity contribution in [1.29, 1.82) is 0 Å². The first-order valence-electron chi connectivity index (χ1n) is 4.05. The third-order valence-electron chi connectivity index (χ3n) is 1.92. The van der Waals surface area contributed by atoms with E-state index in [1.165, 1.54) is 0 Å². The van der Waals surface area contributed by atoms with Crippen molar-refractivity contribution in [2.75, 3.05) is 0 Å². The van der Waals surface area contributed by atoms with Crippen LogP contribution >= 0.6 is 12.4 Å². The number of aliphatic hydroxyl groups excluding tert-OH is 1. The number of carboxylic acid groups (broad SMARTS) is 1. The lowest BCUT2D eigenvalue weighted by molar-refractivity contribution is -0.141. The lowest BCUT2D eigenvalue weighted by Gasteiger charge is -2.16. The molecule has 0 aliphatic carbocycles. The van der Waals surface area contributed by atoms with Gasteiger partial charge in [0.1, 0.15) is 23.8 Å². The number of aliphatic carboxylic acids is 1. The van der Waals surface area contributed by atoms with Crippen molar-refractivity contribution >= 4 is 18.4 Å². The summed E-state index contributed by atoms with van der Waals surface area (Å²) in [5.74, 6) is -3.59. The Kier molecular flexibility index (Phi) is 5.29. The largest absolute Gasteiger partial charge is 0.480 e. The van der Waals surface area contributed by atoms with Crippen LogP contribution in [0.5, 0.6) is 0 Å². The van der Waals surface area contributed by atoms with Crippen molar-refractivity contribution in [3.8, 4) is 0 Å². The summed E-state index contributed by atoms with van der Waals surface area (Å²) in [6.45, 7) is 0. The summed E-state index contributed by atoms with van der Waals surface area (Å²) in [7, 11) is 0. The van der Waals surface area contributed by atoms with Crippen molar-refractivity contribution in [1.82, 2.24) is 0 Å². The summed E-state index contributed by atoms with van der Waals surface area (Å²) < 4.78 is 26.2. The molecule has 2 atom stereocenters. The van der Waals surface area contributed by atoms with Crippen molar-refractivity contribution in [3.63, 3.8) is 0 Å². The van der Waals surface area contributed by atoms with Gasteiger partial charge in [-0.05, 0) is 12.1 Å². The quantitative estimate of drug-likeness (QED) is 0.745. The second kappa shape index (κ2) is 5.74. The zero-order valence-corrected chi connectivity index (χ0v) is 8.75. The Morgan fingerprint density at radius 1 is 1.31 bits per heavy atom. The zero-order chi connectivity index (χ0) is 11.6. The van der Waals surface area contributed by atoms with E-state index >= 15 is 0 Å². The van der Waals surface area contributed by atoms with Gasteiger partial charge in [0.05, 0.1) is 5.56 Å². The van der Waals surface area contributed by atoms with Crippen LogP contribution in [0.25, 0.3) is 0 Å². The molecule has 0 heterocycles. The number of hydrogen-bond donors (Lipinski definition) is 3. The van der Waals surface area contributed by atoms with Gasteiger partial charge in [-0.1, -0.05) is 6.07 Å². The Balaban J connectivity index is 0.00000225. The van der Waals surface area contributed by atoms with Gasteiger partial charge in [0, 0.05) is 0 Å². The highest BCUT2D eigenvalue weighted by atomic mass is 35.5. The molecule has 0 aliphatic rings. The SMILES string of the molecule is Cl.N[C@@H](C(=O)O)[C@@H](O)c1c(F)cccc1F. The average molecular weight is 254 g/mol. The molecule has 0 radical (unpaired) electrons. The monoisotopic (exact) mass is 253 g/mol. The van der Waals surface area contributed by atoms with Crippen LogP contribution in [0.1, 0.15) is 11.7 Å². The molecule has 1 aromatic carbocycles. The van der Waals surface area contributed by atoms with E-state index in [2.05, 4.69) is 0 Å². The maximum atomic E-state index is 13.1. The molecule has 0 aromatic heterocycles. The molecule has 7 heteroatoms. The van der Waals surface area contributed by atoms with E-state index in [0.717, 1.165) is 18.2 Å². The average Bonchev–Trinajstić information content (AvgIpc) is 2.15. The summed E-state index contributed by atoms with van der Waals surface area (Å²) in [5, 5.41) is 17.8. The van der Waals surface area contributed by atoms with E-state index in [1.807, 2.05) is 0 Å². The van der Waals surface area contributed by atoms with Crippen molar-refractivity contribution < 1.29 is 23.8 Å². The van der Waals surface area contributed by atoms with Gasteiger partial charge >= 0.3 is 5.97 Å². The number of carboxylic acids is 1. The molecule has 0 amide bonds. The number of benzene rings is 1. The molecular formula is C9H10ClF2NO3. The Labute approximate surface area is 96.1 Å². The molecule has 4 nitrogen and oxygen atoms in total. The van der Waals surface area contributed by atoms with Gasteiger partial charge in [-0.25, -0.2) is 8.78 Å². The van der Waals surface area contributed by atoms with Crippen molar-refractivity contribution in [3.05, 3.63) is 35.4 Å². The van der Waals surface area contributed by atoms with Gasteiger partial charge < -0.3 is 15.9 Å². The smallest absolute Gasteiger partial charge is 0.323 e. The molecule has 0 aliphatic heterocycles. The Morgan fingerprint density at radius 3 is 2.12 bits per heavy atom. The van der Waals surface area contributed by atoms with Gasteiger partial charge in [0.15, 0.2) is 0 Å². The topological polar surface area (TPSA) is 83.6 Å². The van der Waals surface area contributed by atoms with E-state index < -0.39 is 35.3 Å². The molecule has 90 valence electrons. The predicted molar refractivity (Wildman–Crippen MR) is 54.2 cm³/mol. The second-order valence-corrected chi connectivity index (χ2v) is 2.94. The molecule has 0 unspecified atom stereocenters. The first kappa shape index (κ1) is 14.8. The van der Waals surface area contributed by atoms with E-state index in [-0.39, 0.29) is 12.4 Å². The third kappa shape index (κ3) is 2.88. The van der Waals surface area contributed by atoms with Crippen LogP contribution in [0.2, 0.25) is 0 Å². The maximum absolute atomic E-state index is 13.1. The van der Waals surface area contributed by atoms with Gasteiger partial charge in [-0.15, -0.1) is 12.4 Å². The number of rotatable bonds is 3. The van der Waals surface area contributed by atoms with Crippen LogP contribution in [0.3, 0.4) is 0 Å². The fraction of sp³-hybridized carbons (Fsp3) is 0.222. The third-order valence-corrected chi connectivity index (χ3v) is 1.92. The summed E-state index contributed by atoms with van der Waals surface area (Å²) in [4.78, 5) is 10.4. The standard InChI is InChI=1S/C9H9F2NO3.ClH/c10-4-2-1-3-5(11)6(4)8(13)7(12)9(14)15;/h1-3,7-8,13H,12H2,(H,14,15);1H/t7-,8+;/m1./s1. The number of halogens is 3. The fourth-order valence-corrected chi connectivity index (χ4v) is 1.11. The lowest BCUT2D eigenvalue weighted by atomic mass is 10.0. The normalized spacial score (nSPS) is 13.8. The first-order valence-corrected chi connectivity index (χ1v) is 4.05. The molecule has 4 N–H and O–H groups in total. The molecule has 0 spiro atoms. The lowest BCUT2D eigenvalue weighted by Crippen LogP contribution is -2.37. The summed E-state index contributed by atoms with van der Waals surface area (Å²) in [6, 6.07) is 1.16. The minimum Gasteiger partial charge on any atom is -0.480 e. The number of carbonyl (C=O) groups is 1. The highest BCUT2D eigenvalue weighted by Gasteiger charge is 2.28. The molecular weight excluding hydrogens is 244 g/mol. The molecule has 16 heavy (non-hydrogen) atoms. The van der Waals surface area contributed by atoms with E-state index in [9.17, 15) is 18.7 Å². The molecule has 0 saturated heterocycles. The van der Waals surface area contributed by atoms with E-state index in [1.54, 1.807) is 0 Å². The highest BCUT2D eigenvalue weighted by Crippen LogP contribution is 2.22. The maximum Gasteiger partial charge on any atom is 0.323 e. The van der Waals surface area contributed by atoms with Crippen LogP contribution in [-0.2, 0) is 4.79 Å². The van der Waals surface area contributed by atoms with E-state index in [0.29, 0.717) is 0 Å². The molecule has 0 fully saturated rings. The Bertz CT molecular complexity index is 369. The van der Waals surface area contributed by atoms with Crippen LogP contribution in [0, 0.1) is 11.6 Å². The van der Waals surface area contributed by atoms with Gasteiger partial charge in [0.25, 0.3) is 0 Å². The summed E-state index contributed by atoms with van der Waals surface area (Å²) in [6.07, 6.45) is -1.91. The number of aliphatic hydroxyl groups is 1. The number of nitrogens with two attached hydrogens (primary N) is 1. The minimum atomic E-state index is -1.91.